The minimum Gasteiger partial charge on any atom is -0.493 e. The third-order valence-electron chi connectivity index (χ3n) is 5.44. The number of aliphatic hydroxyl groups excluding tert-OH is 1. The maximum Gasteiger partial charge on any atom is 0.330 e. The molecule has 1 unspecified atom stereocenters. The van der Waals surface area contributed by atoms with Crippen molar-refractivity contribution >= 4 is 12.0 Å². The Hall–Kier alpha value is -2.25. The van der Waals surface area contributed by atoms with Gasteiger partial charge >= 0.3 is 5.97 Å². The van der Waals surface area contributed by atoms with Gasteiger partial charge in [0.15, 0.2) is 11.5 Å². The van der Waals surface area contributed by atoms with Gasteiger partial charge in [-0.1, -0.05) is 13.3 Å². The maximum atomic E-state index is 12.1. The Kier molecular flexibility index (Phi) is 11.3. The van der Waals surface area contributed by atoms with Gasteiger partial charge in [0.2, 0.25) is 5.75 Å². The van der Waals surface area contributed by atoms with Gasteiger partial charge in [-0.2, -0.15) is 0 Å². The molecule has 1 rings (SSSR count). The molecule has 7 nitrogen and oxygen atoms in total. The van der Waals surface area contributed by atoms with Crippen molar-refractivity contribution in [3.05, 3.63) is 23.8 Å². The summed E-state index contributed by atoms with van der Waals surface area (Å²) in [5.41, 5.74) is 0.703. The molecule has 0 fully saturated rings. The standard InChI is InChI=1S/C23H38NO6/c1-7-10-13-24(8-2,9-3)16-19(25)17-30-22(26)12-11-18-14-20(27-4)23(29-6)21(15-18)28-5/h11-12,14-15,19,25H,7-10,13,16-17H2,1-6H3/q+1/b12-11+. The number of unbranched alkanes of at least 4 members (excludes halogenated alkanes) is 1. The van der Waals surface area contributed by atoms with Gasteiger partial charge in [0.05, 0.1) is 41.0 Å². The number of methoxy groups -OCH3 is 3. The number of benzene rings is 1. The van der Waals surface area contributed by atoms with Crippen LogP contribution in [0, 0.1) is 0 Å². The van der Waals surface area contributed by atoms with Crippen molar-refractivity contribution in [1.29, 1.82) is 0 Å². The molecular formula is C23H38NO6+. The maximum absolute atomic E-state index is 12.1. The molecule has 0 spiro atoms. The summed E-state index contributed by atoms with van der Waals surface area (Å²) in [5.74, 6) is 0.975. The van der Waals surface area contributed by atoms with E-state index < -0.39 is 12.1 Å². The smallest absolute Gasteiger partial charge is 0.330 e. The SMILES string of the molecule is CCCC[N+](CC)(CC)CC(O)COC(=O)/C=C/c1cc(OC)c(OC)c(OC)c1. The number of carbonyl (C=O) groups is 1. The zero-order chi connectivity index (χ0) is 22.6. The second-order valence-corrected chi connectivity index (χ2v) is 7.31. The summed E-state index contributed by atoms with van der Waals surface area (Å²) in [6, 6.07) is 3.48. The summed E-state index contributed by atoms with van der Waals surface area (Å²) in [4.78, 5) is 12.1. The average Bonchev–Trinajstić information content (AvgIpc) is 2.78. The van der Waals surface area contributed by atoms with Crippen LogP contribution < -0.4 is 14.2 Å². The molecule has 1 aromatic carbocycles. The molecule has 0 amide bonds. The van der Waals surface area contributed by atoms with E-state index >= 15 is 0 Å². The molecular weight excluding hydrogens is 386 g/mol. The van der Waals surface area contributed by atoms with Crippen LogP contribution in [0.2, 0.25) is 0 Å². The molecule has 0 saturated heterocycles. The van der Waals surface area contributed by atoms with Crippen LogP contribution >= 0.6 is 0 Å². The highest BCUT2D eigenvalue weighted by Crippen LogP contribution is 2.38. The van der Waals surface area contributed by atoms with Gasteiger partial charge in [0, 0.05) is 6.08 Å². The molecule has 1 N–H and O–H groups in total. The Labute approximate surface area is 180 Å². The van der Waals surface area contributed by atoms with Crippen molar-refractivity contribution in [3.8, 4) is 17.2 Å². The molecule has 1 atom stereocenters. The van der Waals surface area contributed by atoms with Gasteiger partial charge in [-0.25, -0.2) is 4.79 Å². The molecule has 0 aliphatic heterocycles. The lowest BCUT2D eigenvalue weighted by Crippen LogP contribution is -2.53. The second kappa shape index (κ2) is 13.1. The van der Waals surface area contributed by atoms with Crippen LogP contribution in [-0.2, 0) is 9.53 Å². The lowest BCUT2D eigenvalue weighted by Gasteiger charge is -2.38. The van der Waals surface area contributed by atoms with E-state index in [9.17, 15) is 9.90 Å². The fraction of sp³-hybridized carbons (Fsp3) is 0.609. The molecule has 0 bridgehead atoms. The van der Waals surface area contributed by atoms with Crippen molar-refractivity contribution < 1.29 is 33.3 Å². The van der Waals surface area contributed by atoms with E-state index in [0.717, 1.165) is 37.0 Å². The van der Waals surface area contributed by atoms with Crippen LogP contribution in [0.25, 0.3) is 6.08 Å². The number of likely N-dealkylation sites (N-methyl/N-ethyl adjacent to an activating group) is 1. The van der Waals surface area contributed by atoms with Crippen molar-refractivity contribution in [2.24, 2.45) is 0 Å². The lowest BCUT2D eigenvalue weighted by atomic mass is 10.1. The summed E-state index contributed by atoms with van der Waals surface area (Å²) in [6.07, 6.45) is 4.48. The van der Waals surface area contributed by atoms with Crippen LogP contribution in [-0.4, -0.2) is 75.8 Å². The molecule has 170 valence electrons. The average molecular weight is 425 g/mol. The van der Waals surface area contributed by atoms with Crippen LogP contribution in [0.5, 0.6) is 17.2 Å². The number of quaternary nitrogens is 1. The van der Waals surface area contributed by atoms with Gasteiger partial charge in [-0.3, -0.25) is 0 Å². The lowest BCUT2D eigenvalue weighted by molar-refractivity contribution is -0.927. The summed E-state index contributed by atoms with van der Waals surface area (Å²) in [5, 5.41) is 10.4. The van der Waals surface area contributed by atoms with Crippen molar-refractivity contribution in [2.45, 2.75) is 39.7 Å². The number of aliphatic hydroxyl groups is 1. The van der Waals surface area contributed by atoms with Gasteiger partial charge in [-0.15, -0.1) is 0 Å². The highest BCUT2D eigenvalue weighted by molar-refractivity contribution is 5.87. The first kappa shape index (κ1) is 25.8. The molecule has 0 aliphatic carbocycles. The van der Waals surface area contributed by atoms with Gasteiger partial charge < -0.3 is 28.5 Å². The third kappa shape index (κ3) is 7.54. The molecule has 0 aromatic heterocycles. The number of esters is 1. The van der Waals surface area contributed by atoms with Crippen molar-refractivity contribution in [2.75, 3.05) is 54.1 Å². The van der Waals surface area contributed by atoms with Crippen LogP contribution in [0.4, 0.5) is 0 Å². The van der Waals surface area contributed by atoms with Crippen molar-refractivity contribution in [3.63, 3.8) is 0 Å². The van der Waals surface area contributed by atoms with Crippen LogP contribution in [0.1, 0.15) is 39.2 Å². The predicted octanol–water partition coefficient (Wildman–Crippen LogP) is 3.29. The quantitative estimate of drug-likeness (QED) is 0.281. The largest absolute Gasteiger partial charge is 0.493 e. The number of rotatable bonds is 14. The number of ether oxygens (including phenoxy) is 4. The van der Waals surface area contributed by atoms with Gasteiger partial charge in [-0.05, 0) is 44.0 Å². The van der Waals surface area contributed by atoms with Gasteiger partial charge in [0.25, 0.3) is 0 Å². The first-order valence-corrected chi connectivity index (χ1v) is 10.6. The number of nitrogens with zero attached hydrogens (tertiary/aromatic N) is 1. The summed E-state index contributed by atoms with van der Waals surface area (Å²) in [6.45, 7) is 9.91. The Balaban J connectivity index is 2.71. The topological polar surface area (TPSA) is 74.2 Å². The fourth-order valence-corrected chi connectivity index (χ4v) is 3.47. The number of hydrogen-bond donors (Lipinski definition) is 1. The zero-order valence-electron chi connectivity index (χ0n) is 19.3. The van der Waals surface area contributed by atoms with E-state index in [1.807, 2.05) is 0 Å². The van der Waals surface area contributed by atoms with Crippen molar-refractivity contribution in [1.82, 2.24) is 0 Å². The van der Waals surface area contributed by atoms with E-state index in [1.165, 1.54) is 27.4 Å². The van der Waals surface area contributed by atoms with Gasteiger partial charge in [0.1, 0.15) is 19.3 Å². The highest BCUT2D eigenvalue weighted by atomic mass is 16.5. The summed E-state index contributed by atoms with van der Waals surface area (Å²) in [7, 11) is 4.60. The fourth-order valence-electron chi connectivity index (χ4n) is 3.47. The molecule has 7 heteroatoms. The summed E-state index contributed by atoms with van der Waals surface area (Å²) < 4.78 is 22.0. The monoisotopic (exact) mass is 424 g/mol. The molecule has 1 aromatic rings. The minimum atomic E-state index is -0.694. The number of carbonyl (C=O) groups excluding carboxylic acids is 1. The highest BCUT2D eigenvalue weighted by Gasteiger charge is 2.27. The van der Waals surface area contributed by atoms with Crippen LogP contribution in [0.15, 0.2) is 18.2 Å². The molecule has 0 heterocycles. The first-order valence-electron chi connectivity index (χ1n) is 10.6. The first-order chi connectivity index (χ1) is 14.4. The van der Waals surface area contributed by atoms with Crippen LogP contribution in [0.3, 0.4) is 0 Å². The molecule has 0 radical (unpaired) electrons. The van der Waals surface area contributed by atoms with E-state index in [2.05, 4.69) is 20.8 Å². The van der Waals surface area contributed by atoms with E-state index in [1.54, 1.807) is 18.2 Å². The van der Waals surface area contributed by atoms with E-state index in [4.69, 9.17) is 18.9 Å². The normalized spacial score (nSPS) is 12.6. The number of hydrogen-bond acceptors (Lipinski definition) is 6. The summed E-state index contributed by atoms with van der Waals surface area (Å²) >= 11 is 0. The van der Waals surface area contributed by atoms with E-state index in [-0.39, 0.29) is 6.61 Å². The van der Waals surface area contributed by atoms with E-state index in [0.29, 0.717) is 29.4 Å². The molecule has 30 heavy (non-hydrogen) atoms. The second-order valence-electron chi connectivity index (χ2n) is 7.31. The Morgan fingerprint density at radius 1 is 1.07 bits per heavy atom. The Morgan fingerprint density at radius 2 is 1.67 bits per heavy atom. The zero-order valence-corrected chi connectivity index (χ0v) is 19.3. The minimum absolute atomic E-state index is 0.0233. The molecule has 0 aliphatic rings. The Bertz CT molecular complexity index is 659. The third-order valence-corrected chi connectivity index (χ3v) is 5.44. The Morgan fingerprint density at radius 3 is 2.13 bits per heavy atom. The molecule has 0 saturated carbocycles. The predicted molar refractivity (Wildman–Crippen MR) is 118 cm³/mol.